The fraction of sp³-hybridized carbons (Fsp3) is 0.474. The number of aryl methyl sites for hydroxylation is 2. The number of nitrogens with one attached hydrogen (secondary N) is 1. The van der Waals surface area contributed by atoms with Crippen molar-refractivity contribution in [3.8, 4) is 5.75 Å². The average molecular weight is 461 g/mol. The third-order valence-electron chi connectivity index (χ3n) is 5.12. The first-order chi connectivity index (χ1) is 14.5. The van der Waals surface area contributed by atoms with Gasteiger partial charge in [0.05, 0.1) is 10.6 Å². The van der Waals surface area contributed by atoms with Crippen LogP contribution in [-0.4, -0.2) is 43.2 Å². The highest BCUT2D eigenvalue weighted by Crippen LogP contribution is 2.28. The van der Waals surface area contributed by atoms with Crippen LogP contribution in [-0.2, 0) is 21.4 Å². The molecule has 170 valence electrons. The van der Waals surface area contributed by atoms with Gasteiger partial charge in [0.1, 0.15) is 11.5 Å². The number of hydrogen-bond donors (Lipinski definition) is 1. The zero-order valence-corrected chi connectivity index (χ0v) is 17.7. The number of amides is 1. The number of piperidine rings is 1. The van der Waals surface area contributed by atoms with Crippen molar-refractivity contribution in [2.45, 2.75) is 44.5 Å². The van der Waals surface area contributed by atoms with Crippen LogP contribution in [0.25, 0.3) is 0 Å². The molecule has 3 rings (SSSR count). The Hall–Kier alpha value is -2.60. The number of benzene rings is 1. The van der Waals surface area contributed by atoms with Crippen molar-refractivity contribution in [2.75, 3.05) is 13.1 Å². The van der Waals surface area contributed by atoms with Gasteiger partial charge in [-0.1, -0.05) is 11.2 Å². The lowest BCUT2D eigenvalue weighted by Gasteiger charge is -2.30. The molecule has 2 heterocycles. The molecule has 0 atom stereocenters. The molecule has 1 N–H and O–H groups in total. The summed E-state index contributed by atoms with van der Waals surface area (Å²) in [5.41, 5.74) is 1.49. The average Bonchev–Trinajstić information content (AvgIpc) is 3.02. The first-order valence-electron chi connectivity index (χ1n) is 9.53. The Bertz CT molecular complexity index is 1020. The highest BCUT2D eigenvalue weighted by atomic mass is 32.2. The monoisotopic (exact) mass is 461 g/mol. The van der Waals surface area contributed by atoms with Gasteiger partial charge in [0, 0.05) is 37.2 Å². The Balaban J connectivity index is 1.59. The first-order valence-corrected chi connectivity index (χ1v) is 11.0. The van der Waals surface area contributed by atoms with E-state index in [9.17, 15) is 26.4 Å². The van der Waals surface area contributed by atoms with Gasteiger partial charge in [-0.15, -0.1) is 13.2 Å². The van der Waals surface area contributed by atoms with Gasteiger partial charge in [-0.3, -0.25) is 4.79 Å². The normalized spacial score (nSPS) is 16.3. The second-order valence-corrected chi connectivity index (χ2v) is 9.16. The Morgan fingerprint density at radius 2 is 1.97 bits per heavy atom. The topological polar surface area (TPSA) is 102 Å². The van der Waals surface area contributed by atoms with Gasteiger partial charge in [0.15, 0.2) is 0 Å². The second-order valence-electron chi connectivity index (χ2n) is 7.22. The first kappa shape index (κ1) is 23.1. The van der Waals surface area contributed by atoms with Gasteiger partial charge in [-0.2, -0.15) is 4.31 Å². The number of carbonyl (C=O) groups excluding carboxylic acids is 1. The van der Waals surface area contributed by atoms with Gasteiger partial charge < -0.3 is 14.6 Å². The molecule has 0 aliphatic carbocycles. The van der Waals surface area contributed by atoms with Crippen molar-refractivity contribution < 1.29 is 35.6 Å². The zero-order valence-electron chi connectivity index (χ0n) is 16.9. The van der Waals surface area contributed by atoms with E-state index >= 15 is 0 Å². The summed E-state index contributed by atoms with van der Waals surface area (Å²) in [5.74, 6) is -0.554. The SMILES string of the molecule is Cc1noc(C)c1CNC(=O)C1CCN(S(=O)(=O)c2cccc(OC(F)(F)F)c2)CC1. The van der Waals surface area contributed by atoms with Crippen molar-refractivity contribution >= 4 is 15.9 Å². The van der Waals surface area contributed by atoms with Crippen molar-refractivity contribution in [2.24, 2.45) is 5.92 Å². The number of halogens is 3. The predicted molar refractivity (Wildman–Crippen MR) is 102 cm³/mol. The minimum atomic E-state index is -4.92. The van der Waals surface area contributed by atoms with E-state index < -0.39 is 22.1 Å². The molecule has 0 bridgehead atoms. The maximum Gasteiger partial charge on any atom is 0.573 e. The molecular weight excluding hydrogens is 439 g/mol. The summed E-state index contributed by atoms with van der Waals surface area (Å²) in [6.45, 7) is 3.95. The van der Waals surface area contributed by atoms with Crippen molar-refractivity contribution in [3.63, 3.8) is 0 Å². The van der Waals surface area contributed by atoms with Crippen LogP contribution in [0.2, 0.25) is 0 Å². The van der Waals surface area contributed by atoms with E-state index in [4.69, 9.17) is 4.52 Å². The third kappa shape index (κ3) is 5.56. The molecule has 0 unspecified atom stereocenters. The molecular formula is C19H22F3N3O5S. The summed E-state index contributed by atoms with van der Waals surface area (Å²) in [6, 6.07) is 4.26. The van der Waals surface area contributed by atoms with Crippen LogP contribution >= 0.6 is 0 Å². The van der Waals surface area contributed by atoms with Gasteiger partial charge in [0.25, 0.3) is 0 Å². The number of ether oxygens (including phenoxy) is 1. The number of rotatable bonds is 6. The molecule has 1 amide bonds. The van der Waals surface area contributed by atoms with Crippen molar-refractivity contribution in [1.82, 2.24) is 14.8 Å². The van der Waals surface area contributed by atoms with Crippen molar-refractivity contribution in [3.05, 3.63) is 41.3 Å². The molecule has 1 fully saturated rings. The molecule has 1 aliphatic rings. The van der Waals surface area contributed by atoms with Crippen molar-refractivity contribution in [1.29, 1.82) is 0 Å². The van der Waals surface area contributed by atoms with Crippen LogP contribution < -0.4 is 10.1 Å². The van der Waals surface area contributed by atoms with E-state index in [1.165, 1.54) is 12.1 Å². The lowest BCUT2D eigenvalue weighted by molar-refractivity contribution is -0.274. The minimum absolute atomic E-state index is 0.0795. The number of alkyl halides is 3. The molecule has 0 radical (unpaired) electrons. The van der Waals surface area contributed by atoms with E-state index in [1.807, 2.05) is 0 Å². The molecule has 1 aliphatic heterocycles. The Morgan fingerprint density at radius 1 is 1.29 bits per heavy atom. The summed E-state index contributed by atoms with van der Waals surface area (Å²) in [4.78, 5) is 12.2. The smallest absolute Gasteiger partial charge is 0.406 e. The summed E-state index contributed by atoms with van der Waals surface area (Å²) >= 11 is 0. The quantitative estimate of drug-likeness (QED) is 0.710. The van der Waals surface area contributed by atoms with Gasteiger partial charge >= 0.3 is 6.36 Å². The molecule has 0 saturated carbocycles. The number of sulfonamides is 1. The zero-order chi connectivity index (χ0) is 22.8. The number of aromatic nitrogens is 1. The van der Waals surface area contributed by atoms with E-state index in [2.05, 4.69) is 15.2 Å². The van der Waals surface area contributed by atoms with E-state index in [1.54, 1.807) is 13.8 Å². The largest absolute Gasteiger partial charge is 0.573 e. The van der Waals surface area contributed by atoms with Crippen LogP contribution in [0, 0.1) is 19.8 Å². The molecule has 1 aromatic carbocycles. The Labute approximate surface area is 177 Å². The highest BCUT2D eigenvalue weighted by Gasteiger charge is 2.34. The minimum Gasteiger partial charge on any atom is -0.406 e. The molecule has 8 nitrogen and oxygen atoms in total. The molecule has 12 heteroatoms. The summed E-state index contributed by atoms with van der Waals surface area (Å²) in [7, 11) is -4.01. The molecule has 1 aromatic heterocycles. The van der Waals surface area contributed by atoms with E-state index in [-0.39, 0.29) is 36.4 Å². The predicted octanol–water partition coefficient (Wildman–Crippen LogP) is 2.91. The molecule has 31 heavy (non-hydrogen) atoms. The summed E-state index contributed by atoms with van der Waals surface area (Å²) < 4.78 is 72.9. The van der Waals surface area contributed by atoms with Crippen LogP contribution in [0.4, 0.5) is 13.2 Å². The molecule has 0 spiro atoms. The van der Waals surface area contributed by atoms with Crippen LogP contribution in [0.5, 0.6) is 5.75 Å². The van der Waals surface area contributed by atoms with Crippen LogP contribution in [0.3, 0.4) is 0 Å². The molecule has 2 aromatic rings. The lowest BCUT2D eigenvalue weighted by atomic mass is 9.97. The van der Waals surface area contributed by atoms with E-state index in [0.29, 0.717) is 24.3 Å². The Kier molecular flexibility index (Phi) is 6.60. The lowest BCUT2D eigenvalue weighted by Crippen LogP contribution is -2.42. The second kappa shape index (κ2) is 8.87. The number of hydrogen-bond acceptors (Lipinski definition) is 6. The van der Waals surface area contributed by atoms with E-state index in [0.717, 1.165) is 22.0 Å². The molecule has 1 saturated heterocycles. The summed E-state index contributed by atoms with van der Waals surface area (Å²) in [6.07, 6.45) is -4.32. The van der Waals surface area contributed by atoms with Gasteiger partial charge in [-0.25, -0.2) is 8.42 Å². The number of carbonyl (C=O) groups is 1. The number of nitrogens with zero attached hydrogens (tertiary/aromatic N) is 2. The highest BCUT2D eigenvalue weighted by molar-refractivity contribution is 7.89. The van der Waals surface area contributed by atoms with Gasteiger partial charge in [0.2, 0.25) is 15.9 Å². The maximum absolute atomic E-state index is 12.8. The van der Waals surface area contributed by atoms with Crippen LogP contribution in [0.15, 0.2) is 33.7 Å². The van der Waals surface area contributed by atoms with Crippen LogP contribution in [0.1, 0.15) is 29.9 Å². The standard InChI is InChI=1S/C19H22F3N3O5S/c1-12-17(13(2)30-24-12)11-23-18(26)14-6-8-25(9-7-14)31(27,28)16-5-3-4-15(10-16)29-19(20,21)22/h3-5,10,14H,6-9,11H2,1-2H3,(H,23,26). The fourth-order valence-corrected chi connectivity index (χ4v) is 4.92. The fourth-order valence-electron chi connectivity index (χ4n) is 3.41. The third-order valence-corrected chi connectivity index (χ3v) is 7.02. The Morgan fingerprint density at radius 3 is 2.55 bits per heavy atom. The van der Waals surface area contributed by atoms with Gasteiger partial charge in [-0.05, 0) is 38.8 Å². The summed E-state index contributed by atoms with van der Waals surface area (Å²) in [5, 5.41) is 6.65. The maximum atomic E-state index is 12.8.